The van der Waals surface area contributed by atoms with E-state index in [0.29, 0.717) is 6.04 Å². The molecule has 0 aromatic carbocycles. The van der Waals surface area contributed by atoms with Crippen LogP contribution in [0.4, 0.5) is 0 Å². The third-order valence-electron chi connectivity index (χ3n) is 4.67. The maximum Gasteiger partial charge on any atom is 0.208 e. The van der Waals surface area contributed by atoms with Gasteiger partial charge >= 0.3 is 0 Å². The molecule has 0 aliphatic carbocycles. The Morgan fingerprint density at radius 3 is 2.91 bits per heavy atom. The summed E-state index contributed by atoms with van der Waals surface area (Å²) >= 11 is 0. The number of pyridine rings is 1. The number of aromatic nitrogens is 2. The Bertz CT molecular complexity index is 598. The zero-order chi connectivity index (χ0) is 16.1. The van der Waals surface area contributed by atoms with Crippen LogP contribution in [0.3, 0.4) is 0 Å². The fourth-order valence-electron chi connectivity index (χ4n) is 3.14. The van der Waals surface area contributed by atoms with Crippen LogP contribution in [-0.4, -0.2) is 52.5 Å². The molecular weight excluding hydrogens is 288 g/mol. The Balaban J connectivity index is 1.45. The van der Waals surface area contributed by atoms with E-state index in [9.17, 15) is 0 Å². The van der Waals surface area contributed by atoms with Gasteiger partial charge < -0.3 is 9.32 Å². The predicted octanol–water partition coefficient (Wildman–Crippen LogP) is 2.38. The second-order valence-corrected chi connectivity index (χ2v) is 6.34. The Kier molecular flexibility index (Phi) is 5.41. The molecule has 124 valence electrons. The summed E-state index contributed by atoms with van der Waals surface area (Å²) in [5.41, 5.74) is 1.36. The second-order valence-electron chi connectivity index (χ2n) is 6.34. The maximum absolute atomic E-state index is 5.72. The van der Waals surface area contributed by atoms with Gasteiger partial charge in [-0.15, -0.1) is 0 Å². The lowest BCUT2D eigenvalue weighted by Gasteiger charge is -2.23. The van der Waals surface area contributed by atoms with Crippen LogP contribution >= 0.6 is 0 Å². The number of rotatable bonds is 7. The van der Waals surface area contributed by atoms with Crippen molar-refractivity contribution in [3.05, 3.63) is 47.9 Å². The maximum atomic E-state index is 5.72. The molecule has 23 heavy (non-hydrogen) atoms. The van der Waals surface area contributed by atoms with E-state index in [-0.39, 0.29) is 0 Å². The molecular formula is C18H26N4O. The minimum atomic E-state index is 0.587. The number of likely N-dealkylation sites (N-methyl/N-ethyl adjacent to an activating group) is 1. The molecule has 1 fully saturated rings. The number of nitrogens with zero attached hydrogens (tertiary/aromatic N) is 4. The number of likely N-dealkylation sites (tertiary alicyclic amines) is 1. The van der Waals surface area contributed by atoms with Gasteiger partial charge in [0.05, 0.1) is 12.7 Å². The van der Waals surface area contributed by atoms with E-state index in [2.05, 4.69) is 45.9 Å². The first-order valence-corrected chi connectivity index (χ1v) is 8.49. The lowest BCUT2D eigenvalue weighted by Crippen LogP contribution is -2.34. The molecule has 3 rings (SSSR count). The molecule has 5 heteroatoms. The molecule has 0 radical (unpaired) electrons. The largest absolute Gasteiger partial charge is 0.444 e. The molecule has 5 nitrogen and oxygen atoms in total. The van der Waals surface area contributed by atoms with Crippen LogP contribution in [0.25, 0.3) is 0 Å². The van der Waals surface area contributed by atoms with E-state index >= 15 is 0 Å². The van der Waals surface area contributed by atoms with Crippen LogP contribution in [0, 0.1) is 0 Å². The Morgan fingerprint density at radius 1 is 1.35 bits per heavy atom. The monoisotopic (exact) mass is 314 g/mol. The number of hydrogen-bond donors (Lipinski definition) is 0. The molecule has 2 aromatic rings. The molecule has 0 saturated carbocycles. The molecule has 1 unspecified atom stereocenters. The van der Waals surface area contributed by atoms with Crippen molar-refractivity contribution in [3.63, 3.8) is 0 Å². The van der Waals surface area contributed by atoms with Gasteiger partial charge in [0.2, 0.25) is 5.89 Å². The molecule has 1 aliphatic rings. The molecule has 0 bridgehead atoms. The summed E-state index contributed by atoms with van der Waals surface area (Å²) < 4.78 is 5.72. The summed E-state index contributed by atoms with van der Waals surface area (Å²) in [5.74, 6) is 1.80. The molecule has 0 N–H and O–H groups in total. The van der Waals surface area contributed by atoms with Gasteiger partial charge in [0, 0.05) is 37.9 Å². The highest BCUT2D eigenvalue weighted by Gasteiger charge is 2.26. The Morgan fingerprint density at radius 2 is 2.17 bits per heavy atom. The quantitative estimate of drug-likeness (QED) is 0.785. The van der Waals surface area contributed by atoms with E-state index in [0.717, 1.165) is 44.1 Å². The van der Waals surface area contributed by atoms with Gasteiger partial charge in [-0.3, -0.25) is 9.88 Å². The zero-order valence-corrected chi connectivity index (χ0v) is 14.1. The number of oxazole rings is 1. The first kappa shape index (κ1) is 16.1. The highest BCUT2D eigenvalue weighted by atomic mass is 16.4. The first-order valence-electron chi connectivity index (χ1n) is 8.49. The number of hydrogen-bond acceptors (Lipinski definition) is 5. The smallest absolute Gasteiger partial charge is 0.208 e. The minimum Gasteiger partial charge on any atom is -0.444 e. The summed E-state index contributed by atoms with van der Waals surface area (Å²) in [6.45, 7) is 6.30. The van der Waals surface area contributed by atoms with Crippen LogP contribution < -0.4 is 0 Å². The van der Waals surface area contributed by atoms with Crippen LogP contribution in [0.1, 0.15) is 30.6 Å². The van der Waals surface area contributed by atoms with Crippen molar-refractivity contribution < 1.29 is 4.42 Å². The fourth-order valence-corrected chi connectivity index (χ4v) is 3.14. The van der Waals surface area contributed by atoms with Crippen molar-refractivity contribution in [2.45, 2.75) is 38.8 Å². The normalized spacial score (nSPS) is 18.8. The van der Waals surface area contributed by atoms with Gasteiger partial charge in [0.15, 0.2) is 0 Å². The van der Waals surface area contributed by atoms with Gasteiger partial charge in [0.1, 0.15) is 5.76 Å². The van der Waals surface area contributed by atoms with Gasteiger partial charge in [-0.1, -0.05) is 6.92 Å². The van der Waals surface area contributed by atoms with Crippen LogP contribution in [0.5, 0.6) is 0 Å². The predicted molar refractivity (Wildman–Crippen MR) is 90.1 cm³/mol. The van der Waals surface area contributed by atoms with E-state index < -0.39 is 0 Å². The SMILES string of the molecule is CCc1cnc(CN(C)C2CCN(CCc3ccncc3)C2)o1. The summed E-state index contributed by atoms with van der Waals surface area (Å²) in [7, 11) is 2.17. The van der Waals surface area contributed by atoms with Gasteiger partial charge in [-0.05, 0) is 44.1 Å². The fraction of sp³-hybridized carbons (Fsp3) is 0.556. The summed E-state index contributed by atoms with van der Waals surface area (Å²) in [6.07, 6.45) is 8.81. The minimum absolute atomic E-state index is 0.587. The van der Waals surface area contributed by atoms with Crippen molar-refractivity contribution in [2.24, 2.45) is 0 Å². The molecule has 3 heterocycles. The third kappa shape index (κ3) is 4.39. The third-order valence-corrected chi connectivity index (χ3v) is 4.67. The lowest BCUT2D eigenvalue weighted by atomic mass is 10.2. The van der Waals surface area contributed by atoms with Crippen molar-refractivity contribution in [1.82, 2.24) is 19.8 Å². The molecule has 0 amide bonds. The topological polar surface area (TPSA) is 45.4 Å². The second kappa shape index (κ2) is 7.70. The van der Waals surface area contributed by atoms with Crippen molar-refractivity contribution >= 4 is 0 Å². The summed E-state index contributed by atoms with van der Waals surface area (Å²) in [5, 5.41) is 0. The summed E-state index contributed by atoms with van der Waals surface area (Å²) in [6, 6.07) is 4.80. The molecule has 1 saturated heterocycles. The Labute approximate surface area is 138 Å². The first-order chi connectivity index (χ1) is 11.2. The van der Waals surface area contributed by atoms with Crippen molar-refractivity contribution in [1.29, 1.82) is 0 Å². The molecule has 0 spiro atoms. The van der Waals surface area contributed by atoms with E-state index in [1.807, 2.05) is 18.6 Å². The highest BCUT2D eigenvalue weighted by molar-refractivity contribution is 5.10. The van der Waals surface area contributed by atoms with Gasteiger partial charge in [0.25, 0.3) is 0 Å². The van der Waals surface area contributed by atoms with Gasteiger partial charge in [-0.25, -0.2) is 4.98 Å². The standard InChI is InChI=1S/C18H26N4O/c1-3-17-12-20-18(23-17)14-21(2)16-7-11-22(13-16)10-6-15-4-8-19-9-5-15/h4-5,8-9,12,16H,3,6-7,10-11,13-14H2,1-2H3. The van der Waals surface area contributed by atoms with E-state index in [1.165, 1.54) is 18.5 Å². The summed E-state index contributed by atoms with van der Waals surface area (Å²) in [4.78, 5) is 13.4. The van der Waals surface area contributed by atoms with Crippen molar-refractivity contribution in [2.75, 3.05) is 26.7 Å². The zero-order valence-electron chi connectivity index (χ0n) is 14.1. The lowest BCUT2D eigenvalue weighted by molar-refractivity contribution is 0.206. The molecule has 2 aromatic heterocycles. The highest BCUT2D eigenvalue weighted by Crippen LogP contribution is 2.17. The average Bonchev–Trinajstić information content (AvgIpc) is 3.23. The van der Waals surface area contributed by atoms with Crippen LogP contribution in [-0.2, 0) is 19.4 Å². The van der Waals surface area contributed by atoms with Crippen LogP contribution in [0.2, 0.25) is 0 Å². The van der Waals surface area contributed by atoms with Gasteiger partial charge in [-0.2, -0.15) is 0 Å². The van der Waals surface area contributed by atoms with Crippen molar-refractivity contribution in [3.8, 4) is 0 Å². The van der Waals surface area contributed by atoms with E-state index in [1.54, 1.807) is 0 Å². The van der Waals surface area contributed by atoms with E-state index in [4.69, 9.17) is 4.42 Å². The Hall–Kier alpha value is -1.72. The average molecular weight is 314 g/mol. The molecule has 1 atom stereocenters. The number of aryl methyl sites for hydroxylation is 1. The van der Waals surface area contributed by atoms with Crippen LogP contribution in [0.15, 0.2) is 35.1 Å². The molecule has 1 aliphatic heterocycles.